The molecule has 0 heterocycles. The van der Waals surface area contributed by atoms with Gasteiger partial charge in [-0.05, 0) is 60.4 Å². The van der Waals surface area contributed by atoms with Crippen molar-refractivity contribution in [2.45, 2.75) is 91.1 Å². The van der Waals surface area contributed by atoms with Gasteiger partial charge < -0.3 is 26.2 Å². The molecule has 12 nitrogen and oxygen atoms in total. The summed E-state index contributed by atoms with van der Waals surface area (Å²) in [5.41, 5.74) is 1.68. The van der Waals surface area contributed by atoms with Crippen molar-refractivity contribution in [3.05, 3.63) is 60.2 Å². The number of hydrogen-bond donors (Lipinski definition) is 6. The molecule has 2 aromatic rings. The number of carbonyl (C=O) groups is 4. The number of aliphatic carboxylic acids is 2. The lowest BCUT2D eigenvalue weighted by Crippen LogP contribution is -2.43. The molecule has 0 radical (unpaired) electrons. The summed E-state index contributed by atoms with van der Waals surface area (Å²) in [5.74, 6) is -3.36. The van der Waals surface area contributed by atoms with Crippen LogP contribution in [0, 0.1) is 22.8 Å². The van der Waals surface area contributed by atoms with Gasteiger partial charge in [-0.3, -0.25) is 14.9 Å². The highest BCUT2D eigenvalue weighted by Crippen LogP contribution is 2.27. The Kier molecular flexibility index (Phi) is 14.7. The fourth-order valence-corrected chi connectivity index (χ4v) is 4.79. The Morgan fingerprint density at radius 3 is 1.93 bits per heavy atom. The molecule has 2 aromatic carbocycles. The zero-order chi connectivity index (χ0) is 34.3. The number of benzene rings is 2. The molecular weight excluding hydrogens is 588 g/mol. The summed E-state index contributed by atoms with van der Waals surface area (Å²) < 4.78 is 0. The maximum absolute atomic E-state index is 13.4. The number of anilines is 1. The van der Waals surface area contributed by atoms with Crippen LogP contribution >= 0.6 is 0 Å². The first-order valence-electron chi connectivity index (χ1n) is 15.4. The number of rotatable bonds is 16. The number of unbranched alkanes of at least 4 members (excludes halogenated alkanes) is 1. The Bertz CT molecular complexity index is 1380. The molecule has 0 aromatic heterocycles. The van der Waals surface area contributed by atoms with Crippen molar-refractivity contribution >= 4 is 41.1 Å². The van der Waals surface area contributed by atoms with E-state index in [-0.39, 0.29) is 42.5 Å². The monoisotopic (exact) mass is 634 g/mol. The molecule has 0 saturated carbocycles. The van der Waals surface area contributed by atoms with Gasteiger partial charge in [0.05, 0.1) is 11.6 Å². The Balaban J connectivity index is 2.07. The van der Waals surface area contributed by atoms with Crippen LogP contribution in [0.1, 0.15) is 84.6 Å². The maximum Gasteiger partial charge on any atom is 0.326 e. The molecule has 0 spiro atoms. The second-order valence-corrected chi connectivity index (χ2v) is 12.8. The molecule has 6 N–H and O–H groups in total. The van der Waals surface area contributed by atoms with Gasteiger partial charge in [0, 0.05) is 12.1 Å². The molecule has 0 fully saturated rings. The van der Waals surface area contributed by atoms with Gasteiger partial charge in [0.1, 0.15) is 12.1 Å². The molecular formula is C34H46N6O6. The van der Waals surface area contributed by atoms with Crippen molar-refractivity contribution in [2.24, 2.45) is 16.3 Å². The smallest absolute Gasteiger partial charge is 0.326 e. The highest BCUT2D eigenvalue weighted by Gasteiger charge is 2.28. The van der Waals surface area contributed by atoms with Crippen LogP contribution in [0.15, 0.2) is 59.6 Å². The van der Waals surface area contributed by atoms with Crippen molar-refractivity contribution in [2.75, 3.05) is 5.32 Å². The molecule has 2 rings (SSSR count). The number of para-hydroxylation sites is 1. The Labute approximate surface area is 270 Å². The summed E-state index contributed by atoms with van der Waals surface area (Å²) in [7, 11) is 0. The number of carbonyl (C=O) groups excluding carboxylic acids is 2. The molecule has 248 valence electrons. The lowest BCUT2D eigenvalue weighted by molar-refractivity contribution is -0.143. The third-order valence-corrected chi connectivity index (χ3v) is 6.95. The number of nitrogens with one attached hydrogen (secondary N) is 4. The number of nitriles is 1. The van der Waals surface area contributed by atoms with E-state index in [0.29, 0.717) is 30.5 Å². The van der Waals surface area contributed by atoms with Crippen LogP contribution in [0.3, 0.4) is 0 Å². The van der Waals surface area contributed by atoms with Gasteiger partial charge in [-0.2, -0.15) is 5.26 Å². The van der Waals surface area contributed by atoms with Crippen LogP contribution in [0.5, 0.6) is 0 Å². The fourth-order valence-electron chi connectivity index (χ4n) is 4.79. The molecule has 3 unspecified atom stereocenters. The minimum Gasteiger partial charge on any atom is -0.480 e. The number of nitrogens with zero attached hydrogens (tertiary/aromatic N) is 2. The first-order chi connectivity index (χ1) is 21.7. The molecule has 3 atom stereocenters. The second kappa shape index (κ2) is 18.1. The van der Waals surface area contributed by atoms with Gasteiger partial charge in [0.2, 0.25) is 17.8 Å². The topological polar surface area (TPSA) is 193 Å². The summed E-state index contributed by atoms with van der Waals surface area (Å²) in [6.07, 6.45) is 3.46. The van der Waals surface area contributed by atoms with Crippen LogP contribution < -0.4 is 21.3 Å². The number of aliphatic imine (C=N–C) groups is 1. The summed E-state index contributed by atoms with van der Waals surface area (Å²) in [6.45, 7) is 9.60. The summed E-state index contributed by atoms with van der Waals surface area (Å²) in [6, 6.07) is 14.0. The number of carboxylic acids is 2. The number of amides is 2. The first-order valence-corrected chi connectivity index (χ1v) is 15.4. The molecule has 0 saturated heterocycles. The Morgan fingerprint density at radius 1 is 0.870 bits per heavy atom. The number of guanidine groups is 1. The van der Waals surface area contributed by atoms with Gasteiger partial charge in [-0.1, -0.05) is 77.8 Å². The van der Waals surface area contributed by atoms with E-state index < -0.39 is 35.8 Å². The molecule has 12 heteroatoms. The van der Waals surface area contributed by atoms with E-state index in [1.54, 1.807) is 24.3 Å². The van der Waals surface area contributed by atoms with Gasteiger partial charge in [0.15, 0.2) is 6.19 Å². The number of carboxylic acid groups (broad SMARTS) is 2. The van der Waals surface area contributed by atoms with Crippen molar-refractivity contribution < 1.29 is 29.4 Å². The minimum atomic E-state index is -1.18. The van der Waals surface area contributed by atoms with E-state index in [2.05, 4.69) is 26.3 Å². The summed E-state index contributed by atoms with van der Waals surface area (Å²) in [4.78, 5) is 53.8. The molecule has 0 bridgehead atoms. The highest BCUT2D eigenvalue weighted by molar-refractivity contribution is 5.96. The first kappa shape index (κ1) is 37.3. The van der Waals surface area contributed by atoms with E-state index in [9.17, 15) is 29.4 Å². The minimum absolute atomic E-state index is 0.106. The van der Waals surface area contributed by atoms with E-state index in [1.165, 1.54) is 0 Å². The molecule has 46 heavy (non-hydrogen) atoms. The summed E-state index contributed by atoms with van der Waals surface area (Å²) >= 11 is 0. The van der Waals surface area contributed by atoms with Gasteiger partial charge in [0.25, 0.3) is 0 Å². The fraction of sp³-hybridized carbons (Fsp3) is 0.471. The third-order valence-electron chi connectivity index (χ3n) is 6.95. The van der Waals surface area contributed by atoms with E-state index in [0.717, 1.165) is 5.69 Å². The van der Waals surface area contributed by atoms with Crippen LogP contribution in [0.25, 0.3) is 0 Å². The SMILES string of the molecule is CC(C)CC(C(=O)NC(CCCCC(NC(=O)CC(C)(C)C)C(=O)O)C(=O)O)c1ccc(N=C(NC#N)Nc2ccccc2)cc1. The largest absolute Gasteiger partial charge is 0.480 e. The Hall–Kier alpha value is -4.92. The van der Waals surface area contributed by atoms with Crippen LogP contribution in [0.2, 0.25) is 0 Å². The van der Waals surface area contributed by atoms with E-state index in [1.807, 2.05) is 71.1 Å². The van der Waals surface area contributed by atoms with E-state index >= 15 is 0 Å². The Morgan fingerprint density at radius 2 is 1.43 bits per heavy atom. The average Bonchev–Trinajstić information content (AvgIpc) is 2.96. The lowest BCUT2D eigenvalue weighted by atomic mass is 9.89. The van der Waals surface area contributed by atoms with Gasteiger partial charge in [-0.15, -0.1) is 0 Å². The van der Waals surface area contributed by atoms with Gasteiger partial charge in [-0.25, -0.2) is 14.6 Å². The predicted molar refractivity (Wildman–Crippen MR) is 176 cm³/mol. The third kappa shape index (κ3) is 13.8. The molecule has 0 aliphatic heterocycles. The average molecular weight is 635 g/mol. The highest BCUT2D eigenvalue weighted by atomic mass is 16.4. The summed E-state index contributed by atoms with van der Waals surface area (Å²) in [5, 5.41) is 39.3. The molecule has 0 aliphatic carbocycles. The van der Waals surface area contributed by atoms with Gasteiger partial charge >= 0.3 is 11.9 Å². The quantitative estimate of drug-likeness (QED) is 0.0478. The van der Waals surface area contributed by atoms with Crippen molar-refractivity contribution in [3.63, 3.8) is 0 Å². The van der Waals surface area contributed by atoms with Crippen molar-refractivity contribution in [1.29, 1.82) is 5.26 Å². The lowest BCUT2D eigenvalue weighted by Gasteiger charge is -2.23. The second-order valence-electron chi connectivity index (χ2n) is 12.8. The molecule has 2 amide bonds. The van der Waals surface area contributed by atoms with Crippen LogP contribution in [0.4, 0.5) is 11.4 Å². The van der Waals surface area contributed by atoms with Crippen LogP contribution in [-0.2, 0) is 19.2 Å². The predicted octanol–water partition coefficient (Wildman–Crippen LogP) is 5.12. The molecule has 0 aliphatic rings. The van der Waals surface area contributed by atoms with Crippen LogP contribution in [-0.4, -0.2) is 52.0 Å². The van der Waals surface area contributed by atoms with Crippen molar-refractivity contribution in [1.82, 2.24) is 16.0 Å². The maximum atomic E-state index is 13.4. The number of hydrogen-bond acceptors (Lipinski definition) is 6. The van der Waals surface area contributed by atoms with Crippen molar-refractivity contribution in [3.8, 4) is 6.19 Å². The normalized spacial score (nSPS) is 13.5. The van der Waals surface area contributed by atoms with E-state index in [4.69, 9.17) is 5.26 Å². The zero-order valence-corrected chi connectivity index (χ0v) is 27.2. The zero-order valence-electron chi connectivity index (χ0n) is 27.2. The standard InChI is InChI=1S/C34H46N6O6/c1-22(2)19-26(23-15-17-25(18-16-23)38-33(36-21-35)37-24-11-7-6-8-12-24)30(42)40-28(32(45)46)14-10-9-13-27(31(43)44)39-29(41)20-34(3,4)5/h6-8,11-12,15-18,22,26-28H,9-10,13-14,19-20H2,1-5H3,(H,39,41)(H,40,42)(H,43,44)(H,45,46)(H2,36,37,38).